The first-order chi connectivity index (χ1) is 12.7. The summed E-state index contributed by atoms with van der Waals surface area (Å²) in [5.74, 6) is 0. The minimum atomic E-state index is 0.231. The summed E-state index contributed by atoms with van der Waals surface area (Å²) in [5.41, 5.74) is 2.59. The summed E-state index contributed by atoms with van der Waals surface area (Å²) in [6.45, 7) is 10.0. The summed E-state index contributed by atoms with van der Waals surface area (Å²) < 4.78 is 6.06. The number of hydrogen-bond donors (Lipinski definition) is 0. The van der Waals surface area contributed by atoms with Crippen LogP contribution < -0.4 is 0 Å². The maximum atomic E-state index is 6.06. The quantitative estimate of drug-likeness (QED) is 0.825. The van der Waals surface area contributed by atoms with Crippen LogP contribution in [0, 0.1) is 12.3 Å². The van der Waals surface area contributed by atoms with E-state index in [9.17, 15) is 0 Å². The van der Waals surface area contributed by atoms with Gasteiger partial charge >= 0.3 is 0 Å². The molecular formula is C20H28N4OS. The van der Waals surface area contributed by atoms with Crippen LogP contribution in [0.25, 0.3) is 0 Å². The van der Waals surface area contributed by atoms with Gasteiger partial charge in [-0.2, -0.15) is 0 Å². The van der Waals surface area contributed by atoms with E-state index >= 15 is 0 Å². The maximum absolute atomic E-state index is 6.06. The second-order valence-electron chi connectivity index (χ2n) is 7.76. The zero-order valence-corrected chi connectivity index (χ0v) is 16.4. The number of piperidine rings is 1. The fourth-order valence-electron chi connectivity index (χ4n) is 4.34. The van der Waals surface area contributed by atoms with Gasteiger partial charge in [0.1, 0.15) is 0 Å². The number of aromatic nitrogens is 2. The molecule has 2 aliphatic heterocycles. The first-order valence-electron chi connectivity index (χ1n) is 9.54. The maximum Gasteiger partial charge on any atom is 0.0897 e. The van der Waals surface area contributed by atoms with Crippen LogP contribution in [0.2, 0.25) is 0 Å². The van der Waals surface area contributed by atoms with Crippen molar-refractivity contribution in [2.45, 2.75) is 32.9 Å². The number of thiazole rings is 1. The molecule has 0 amide bonds. The molecule has 2 fully saturated rings. The predicted octanol–water partition coefficient (Wildman–Crippen LogP) is 2.96. The van der Waals surface area contributed by atoms with Gasteiger partial charge in [-0.05, 0) is 38.4 Å². The smallest absolute Gasteiger partial charge is 0.0897 e. The van der Waals surface area contributed by atoms with Crippen molar-refractivity contribution in [3.63, 3.8) is 0 Å². The van der Waals surface area contributed by atoms with Crippen LogP contribution in [0.15, 0.2) is 29.8 Å². The summed E-state index contributed by atoms with van der Waals surface area (Å²) in [6.07, 6.45) is 4.37. The predicted molar refractivity (Wildman–Crippen MR) is 104 cm³/mol. The molecule has 4 heterocycles. The van der Waals surface area contributed by atoms with Crippen LogP contribution in [0.3, 0.4) is 0 Å². The standard InChI is InChI=1S/C20H28N4OS/c1-17-22-19(13-26-17)12-23-8-4-6-20(14-23)15-24(9-10-25-16-20)11-18-5-2-3-7-21-18/h2-3,5,7,13H,4,6,8-12,14-16H2,1H3. The molecule has 26 heavy (non-hydrogen) atoms. The first kappa shape index (κ1) is 18.0. The van der Waals surface area contributed by atoms with E-state index < -0.39 is 0 Å². The Morgan fingerprint density at radius 1 is 1.15 bits per heavy atom. The van der Waals surface area contributed by atoms with Crippen molar-refractivity contribution in [2.75, 3.05) is 39.4 Å². The summed E-state index contributed by atoms with van der Waals surface area (Å²) in [4.78, 5) is 14.3. The lowest BCUT2D eigenvalue weighted by molar-refractivity contribution is 0.00210. The molecule has 0 aliphatic carbocycles. The number of pyridine rings is 1. The molecule has 2 aromatic rings. The molecule has 4 rings (SSSR count). The molecule has 0 aromatic carbocycles. The Morgan fingerprint density at radius 3 is 2.77 bits per heavy atom. The van der Waals surface area contributed by atoms with Gasteiger partial charge in [-0.15, -0.1) is 11.3 Å². The van der Waals surface area contributed by atoms with Gasteiger partial charge in [-0.25, -0.2) is 4.98 Å². The average Bonchev–Trinajstić information content (AvgIpc) is 2.94. The minimum Gasteiger partial charge on any atom is -0.379 e. The Bertz CT molecular complexity index is 707. The summed E-state index contributed by atoms with van der Waals surface area (Å²) in [5, 5.41) is 3.36. The SMILES string of the molecule is Cc1nc(CN2CCCC3(COCCN(Cc4ccccn4)C3)C2)cs1. The fourth-order valence-corrected chi connectivity index (χ4v) is 4.94. The zero-order valence-electron chi connectivity index (χ0n) is 15.6. The van der Waals surface area contributed by atoms with Gasteiger partial charge in [0, 0.05) is 49.7 Å². The van der Waals surface area contributed by atoms with Crippen LogP contribution in [-0.4, -0.2) is 59.2 Å². The highest BCUT2D eigenvalue weighted by molar-refractivity contribution is 7.09. The number of hydrogen-bond acceptors (Lipinski definition) is 6. The second kappa shape index (κ2) is 8.13. The van der Waals surface area contributed by atoms with Gasteiger partial charge in [-0.3, -0.25) is 14.8 Å². The number of ether oxygens (including phenoxy) is 1. The Kier molecular flexibility index (Phi) is 5.64. The topological polar surface area (TPSA) is 41.5 Å². The zero-order chi connectivity index (χ0) is 17.8. The Balaban J connectivity index is 1.43. The normalized spacial score (nSPS) is 25.4. The van der Waals surface area contributed by atoms with Crippen LogP contribution in [0.4, 0.5) is 0 Å². The molecule has 0 N–H and O–H groups in total. The molecule has 2 aromatic heterocycles. The molecule has 1 unspecified atom stereocenters. The van der Waals surface area contributed by atoms with E-state index in [-0.39, 0.29) is 5.41 Å². The van der Waals surface area contributed by atoms with E-state index in [2.05, 4.69) is 44.2 Å². The Hall–Kier alpha value is -1.34. The lowest BCUT2D eigenvalue weighted by Gasteiger charge is -2.43. The summed E-state index contributed by atoms with van der Waals surface area (Å²) in [6, 6.07) is 6.18. The molecule has 5 nitrogen and oxygen atoms in total. The third kappa shape index (κ3) is 4.49. The van der Waals surface area contributed by atoms with Gasteiger partial charge in [0.25, 0.3) is 0 Å². The van der Waals surface area contributed by atoms with Crippen LogP contribution in [-0.2, 0) is 17.8 Å². The van der Waals surface area contributed by atoms with Crippen molar-refractivity contribution in [3.8, 4) is 0 Å². The van der Waals surface area contributed by atoms with E-state index in [1.807, 2.05) is 12.3 Å². The molecule has 1 atom stereocenters. The lowest BCUT2D eigenvalue weighted by Crippen LogP contribution is -2.50. The highest BCUT2D eigenvalue weighted by Crippen LogP contribution is 2.34. The van der Waals surface area contributed by atoms with E-state index in [4.69, 9.17) is 4.74 Å². The van der Waals surface area contributed by atoms with Crippen molar-refractivity contribution in [1.82, 2.24) is 19.8 Å². The lowest BCUT2D eigenvalue weighted by atomic mass is 9.80. The van der Waals surface area contributed by atoms with Crippen molar-refractivity contribution in [3.05, 3.63) is 46.2 Å². The van der Waals surface area contributed by atoms with Crippen LogP contribution in [0.5, 0.6) is 0 Å². The Labute approximate surface area is 160 Å². The summed E-state index contributed by atoms with van der Waals surface area (Å²) >= 11 is 1.75. The van der Waals surface area contributed by atoms with Gasteiger partial charge in [-0.1, -0.05) is 6.07 Å². The number of nitrogens with zero attached hydrogens (tertiary/aromatic N) is 4. The van der Waals surface area contributed by atoms with Crippen molar-refractivity contribution in [2.24, 2.45) is 5.41 Å². The Morgan fingerprint density at radius 2 is 2.00 bits per heavy atom. The number of likely N-dealkylation sites (tertiary alicyclic amines) is 1. The molecular weight excluding hydrogens is 344 g/mol. The average molecular weight is 373 g/mol. The fraction of sp³-hybridized carbons (Fsp3) is 0.600. The van der Waals surface area contributed by atoms with Gasteiger partial charge in [0.05, 0.1) is 29.6 Å². The van der Waals surface area contributed by atoms with Gasteiger partial charge in [0.2, 0.25) is 0 Å². The highest BCUT2D eigenvalue weighted by atomic mass is 32.1. The van der Waals surface area contributed by atoms with E-state index in [1.165, 1.54) is 25.1 Å². The molecule has 2 saturated heterocycles. The van der Waals surface area contributed by atoms with Crippen LogP contribution in [0.1, 0.15) is 29.2 Å². The van der Waals surface area contributed by atoms with Gasteiger partial charge < -0.3 is 4.74 Å². The minimum absolute atomic E-state index is 0.231. The number of aryl methyl sites for hydroxylation is 1. The highest BCUT2D eigenvalue weighted by Gasteiger charge is 2.39. The molecule has 140 valence electrons. The van der Waals surface area contributed by atoms with Crippen molar-refractivity contribution >= 4 is 11.3 Å². The largest absolute Gasteiger partial charge is 0.379 e. The molecule has 1 spiro atoms. The first-order valence-corrected chi connectivity index (χ1v) is 10.4. The third-order valence-corrected chi connectivity index (χ3v) is 6.25. The van der Waals surface area contributed by atoms with Crippen molar-refractivity contribution < 1.29 is 4.74 Å². The van der Waals surface area contributed by atoms with E-state index in [0.29, 0.717) is 0 Å². The molecule has 6 heteroatoms. The second-order valence-corrected chi connectivity index (χ2v) is 8.82. The summed E-state index contributed by atoms with van der Waals surface area (Å²) in [7, 11) is 0. The monoisotopic (exact) mass is 372 g/mol. The number of rotatable bonds is 4. The van der Waals surface area contributed by atoms with Crippen LogP contribution >= 0.6 is 11.3 Å². The molecule has 0 radical (unpaired) electrons. The molecule has 0 bridgehead atoms. The molecule has 2 aliphatic rings. The van der Waals surface area contributed by atoms with Gasteiger partial charge in [0.15, 0.2) is 0 Å². The van der Waals surface area contributed by atoms with E-state index in [1.54, 1.807) is 11.3 Å². The molecule has 0 saturated carbocycles. The third-order valence-electron chi connectivity index (χ3n) is 5.42. The van der Waals surface area contributed by atoms with E-state index in [0.717, 1.165) is 56.6 Å². The van der Waals surface area contributed by atoms with Crippen molar-refractivity contribution in [1.29, 1.82) is 0 Å².